The van der Waals surface area contributed by atoms with Crippen molar-refractivity contribution in [3.63, 3.8) is 0 Å². The van der Waals surface area contributed by atoms with E-state index < -0.39 is 10.0 Å². The summed E-state index contributed by atoms with van der Waals surface area (Å²) in [6.07, 6.45) is 3.32. The standard InChI is InChI=1S/C19H19N3O4S2/c1-22(28(24,25)19-3-2-12-27-19)16-4-6-17(7-5-16)26-14-18(23)21-13-15-8-10-20-11-9-15/h2-12H,13-14H2,1H3,(H,21,23). The van der Waals surface area contributed by atoms with Crippen LogP contribution in [0, 0.1) is 0 Å². The highest BCUT2D eigenvalue weighted by molar-refractivity contribution is 7.94. The van der Waals surface area contributed by atoms with Gasteiger partial charge in [0.15, 0.2) is 6.61 Å². The van der Waals surface area contributed by atoms with Gasteiger partial charge in [0.2, 0.25) is 0 Å². The Kier molecular flexibility index (Phi) is 6.27. The Hall–Kier alpha value is -2.91. The quantitative estimate of drug-likeness (QED) is 0.609. The number of anilines is 1. The van der Waals surface area contributed by atoms with Crippen LogP contribution in [0.1, 0.15) is 5.56 Å². The number of nitrogens with zero attached hydrogens (tertiary/aromatic N) is 2. The summed E-state index contributed by atoms with van der Waals surface area (Å²) in [6, 6.07) is 13.4. The van der Waals surface area contributed by atoms with Crippen molar-refractivity contribution in [1.82, 2.24) is 10.3 Å². The molecule has 3 rings (SSSR count). The third kappa shape index (κ3) is 4.87. The van der Waals surface area contributed by atoms with E-state index in [2.05, 4.69) is 10.3 Å². The molecule has 1 aromatic carbocycles. The van der Waals surface area contributed by atoms with E-state index >= 15 is 0 Å². The average Bonchev–Trinajstić information content (AvgIpc) is 3.27. The first kappa shape index (κ1) is 19.8. The Morgan fingerprint density at radius 2 is 1.86 bits per heavy atom. The Morgan fingerprint density at radius 1 is 1.14 bits per heavy atom. The second-order valence-electron chi connectivity index (χ2n) is 5.82. The molecule has 0 unspecified atom stereocenters. The number of rotatable bonds is 8. The van der Waals surface area contributed by atoms with Crippen LogP contribution in [-0.4, -0.2) is 33.0 Å². The fourth-order valence-corrected chi connectivity index (χ4v) is 4.69. The van der Waals surface area contributed by atoms with Gasteiger partial charge in [-0.15, -0.1) is 11.3 Å². The van der Waals surface area contributed by atoms with Crippen molar-refractivity contribution in [2.24, 2.45) is 0 Å². The van der Waals surface area contributed by atoms with Gasteiger partial charge in [0.25, 0.3) is 15.9 Å². The summed E-state index contributed by atoms with van der Waals surface area (Å²) in [4.78, 5) is 15.8. The third-order valence-corrected chi connectivity index (χ3v) is 7.08. The van der Waals surface area contributed by atoms with E-state index in [1.165, 1.54) is 22.7 Å². The smallest absolute Gasteiger partial charge is 0.273 e. The van der Waals surface area contributed by atoms with Crippen LogP contribution in [0.2, 0.25) is 0 Å². The van der Waals surface area contributed by atoms with Gasteiger partial charge in [-0.25, -0.2) is 8.42 Å². The zero-order valence-electron chi connectivity index (χ0n) is 15.1. The SMILES string of the molecule is CN(c1ccc(OCC(=O)NCc2ccncc2)cc1)S(=O)(=O)c1cccs1. The first-order valence-corrected chi connectivity index (χ1v) is 10.7. The molecule has 9 heteroatoms. The Balaban J connectivity index is 1.53. The van der Waals surface area contributed by atoms with Crippen molar-refractivity contribution in [1.29, 1.82) is 0 Å². The lowest BCUT2D eigenvalue weighted by Gasteiger charge is -2.18. The van der Waals surface area contributed by atoms with Crippen LogP contribution >= 0.6 is 11.3 Å². The number of carbonyl (C=O) groups excluding carboxylic acids is 1. The summed E-state index contributed by atoms with van der Waals surface area (Å²) in [5, 5.41) is 4.48. The van der Waals surface area contributed by atoms with E-state index in [0.717, 1.165) is 5.56 Å². The molecule has 146 valence electrons. The van der Waals surface area contributed by atoms with E-state index in [1.54, 1.807) is 54.2 Å². The fourth-order valence-electron chi connectivity index (χ4n) is 2.34. The van der Waals surface area contributed by atoms with Crippen molar-refractivity contribution < 1.29 is 17.9 Å². The molecule has 1 amide bonds. The molecule has 0 atom stereocenters. The van der Waals surface area contributed by atoms with Gasteiger partial charge in [-0.3, -0.25) is 14.1 Å². The van der Waals surface area contributed by atoms with Gasteiger partial charge in [-0.2, -0.15) is 0 Å². The van der Waals surface area contributed by atoms with Gasteiger partial charge in [0.05, 0.1) is 5.69 Å². The molecule has 2 aromatic heterocycles. The number of ether oxygens (including phenoxy) is 1. The third-order valence-electron chi connectivity index (χ3n) is 3.92. The number of sulfonamides is 1. The summed E-state index contributed by atoms with van der Waals surface area (Å²) in [5.41, 5.74) is 1.45. The number of hydrogen-bond acceptors (Lipinski definition) is 6. The highest BCUT2D eigenvalue weighted by atomic mass is 32.2. The number of benzene rings is 1. The zero-order valence-corrected chi connectivity index (χ0v) is 16.7. The monoisotopic (exact) mass is 417 g/mol. The largest absolute Gasteiger partial charge is 0.484 e. The van der Waals surface area contributed by atoms with Gasteiger partial charge in [0.1, 0.15) is 9.96 Å². The molecule has 7 nitrogen and oxygen atoms in total. The maximum atomic E-state index is 12.5. The van der Waals surface area contributed by atoms with Crippen molar-refractivity contribution in [2.45, 2.75) is 10.8 Å². The Bertz CT molecular complexity index is 1010. The summed E-state index contributed by atoms with van der Waals surface area (Å²) < 4.78 is 32.0. The van der Waals surface area contributed by atoms with Crippen molar-refractivity contribution >= 4 is 33.0 Å². The lowest BCUT2D eigenvalue weighted by atomic mass is 10.3. The molecular formula is C19H19N3O4S2. The molecule has 0 aliphatic heterocycles. The number of amides is 1. The molecule has 0 spiro atoms. The lowest BCUT2D eigenvalue weighted by molar-refractivity contribution is -0.123. The molecule has 28 heavy (non-hydrogen) atoms. The van der Waals surface area contributed by atoms with E-state index in [-0.39, 0.29) is 16.7 Å². The first-order chi connectivity index (χ1) is 13.5. The van der Waals surface area contributed by atoms with Gasteiger partial charge in [0, 0.05) is 26.0 Å². The van der Waals surface area contributed by atoms with Crippen LogP contribution in [0.25, 0.3) is 0 Å². The zero-order chi connectivity index (χ0) is 20.0. The Labute approximate surface area is 167 Å². The van der Waals surface area contributed by atoms with Crippen LogP contribution < -0.4 is 14.4 Å². The lowest BCUT2D eigenvalue weighted by Crippen LogP contribution is -2.28. The molecule has 1 N–H and O–H groups in total. The van der Waals surface area contributed by atoms with Crippen LogP contribution in [0.3, 0.4) is 0 Å². The maximum Gasteiger partial charge on any atom is 0.273 e. The minimum absolute atomic E-state index is 0.131. The molecular weight excluding hydrogens is 398 g/mol. The van der Waals surface area contributed by atoms with Crippen molar-refractivity contribution in [3.8, 4) is 5.75 Å². The van der Waals surface area contributed by atoms with Gasteiger partial charge < -0.3 is 10.1 Å². The van der Waals surface area contributed by atoms with Gasteiger partial charge in [-0.05, 0) is 53.4 Å². The number of pyridine rings is 1. The highest BCUT2D eigenvalue weighted by Gasteiger charge is 2.22. The summed E-state index contributed by atoms with van der Waals surface area (Å²) in [7, 11) is -2.08. The van der Waals surface area contributed by atoms with E-state index in [9.17, 15) is 13.2 Å². The summed E-state index contributed by atoms with van der Waals surface area (Å²) in [5.74, 6) is 0.225. The highest BCUT2D eigenvalue weighted by Crippen LogP contribution is 2.26. The van der Waals surface area contributed by atoms with Gasteiger partial charge >= 0.3 is 0 Å². The summed E-state index contributed by atoms with van der Waals surface area (Å²) >= 11 is 1.17. The normalized spacial score (nSPS) is 11.0. The average molecular weight is 418 g/mol. The van der Waals surface area contributed by atoms with Crippen molar-refractivity contribution in [2.75, 3.05) is 18.0 Å². The Morgan fingerprint density at radius 3 is 2.50 bits per heavy atom. The van der Waals surface area contributed by atoms with Gasteiger partial charge in [-0.1, -0.05) is 6.07 Å². The van der Waals surface area contributed by atoms with E-state index in [1.807, 2.05) is 12.1 Å². The van der Waals surface area contributed by atoms with Crippen LogP contribution in [-0.2, 0) is 21.4 Å². The molecule has 0 aliphatic rings. The number of hydrogen-bond donors (Lipinski definition) is 1. The van der Waals surface area contributed by atoms with E-state index in [0.29, 0.717) is 18.0 Å². The molecule has 0 bridgehead atoms. The predicted molar refractivity (Wildman–Crippen MR) is 108 cm³/mol. The van der Waals surface area contributed by atoms with Crippen LogP contribution in [0.15, 0.2) is 70.5 Å². The number of nitrogens with one attached hydrogen (secondary N) is 1. The maximum absolute atomic E-state index is 12.5. The minimum atomic E-state index is -3.58. The molecule has 2 heterocycles. The van der Waals surface area contributed by atoms with Crippen LogP contribution in [0.5, 0.6) is 5.75 Å². The molecule has 3 aromatic rings. The topological polar surface area (TPSA) is 88.6 Å². The summed E-state index contributed by atoms with van der Waals surface area (Å²) in [6.45, 7) is 0.267. The molecule has 0 aliphatic carbocycles. The molecule has 0 fully saturated rings. The number of aromatic nitrogens is 1. The fraction of sp³-hybridized carbons (Fsp3) is 0.158. The minimum Gasteiger partial charge on any atom is -0.484 e. The van der Waals surface area contributed by atoms with Crippen molar-refractivity contribution in [3.05, 3.63) is 71.9 Å². The number of thiophene rings is 1. The second-order valence-corrected chi connectivity index (χ2v) is 8.96. The first-order valence-electron chi connectivity index (χ1n) is 8.38. The number of carbonyl (C=O) groups is 1. The molecule has 0 saturated heterocycles. The van der Waals surface area contributed by atoms with Crippen LogP contribution in [0.4, 0.5) is 5.69 Å². The molecule has 0 saturated carbocycles. The predicted octanol–water partition coefficient (Wildman–Crippen LogP) is 2.66. The second kappa shape index (κ2) is 8.85. The van der Waals surface area contributed by atoms with E-state index in [4.69, 9.17) is 4.74 Å². The molecule has 0 radical (unpaired) electrons.